The quantitative estimate of drug-likeness (QED) is 0.162. The summed E-state index contributed by atoms with van der Waals surface area (Å²) in [5, 5.41) is 2.16. The van der Waals surface area contributed by atoms with Gasteiger partial charge in [0.2, 0.25) is 0 Å². The molecule has 0 unspecified atom stereocenters. The zero-order chi connectivity index (χ0) is 39.2. The Labute approximate surface area is 316 Å². The van der Waals surface area contributed by atoms with Crippen LogP contribution in [0.1, 0.15) is 75.6 Å². The third-order valence-corrected chi connectivity index (χ3v) is 8.61. The molecule has 0 amide bonds. The summed E-state index contributed by atoms with van der Waals surface area (Å²) in [6.45, 7) is 6.68. The first-order chi connectivity index (χ1) is 26.1. The van der Waals surface area contributed by atoms with Gasteiger partial charge in [-0.2, -0.15) is 0 Å². The molecular weight excluding hydrogens is 793 g/mol. The Morgan fingerprint density at radius 2 is 1.50 bits per heavy atom. The molecule has 8 aromatic rings. The van der Waals surface area contributed by atoms with Crippen LogP contribution in [0, 0.1) is 32.8 Å². The second-order valence-electron chi connectivity index (χ2n) is 12.8. The molecule has 4 aromatic carbocycles. The van der Waals surface area contributed by atoms with Crippen LogP contribution in [0.15, 0.2) is 108 Å². The summed E-state index contributed by atoms with van der Waals surface area (Å²) in [4.78, 5) is 14.1. The van der Waals surface area contributed by atoms with E-state index >= 15 is 0 Å². The molecule has 0 spiro atoms. The van der Waals surface area contributed by atoms with Crippen LogP contribution < -0.4 is 0 Å². The Kier molecular flexibility index (Phi) is 8.10. The Bertz CT molecular complexity index is 2560. The zero-order valence-electron chi connectivity index (χ0n) is 34.5. The molecule has 0 atom stereocenters. The molecule has 0 saturated heterocycles. The number of aromatic nitrogens is 4. The molecule has 0 aliphatic carbocycles. The minimum atomic E-state index is -2.18. The van der Waals surface area contributed by atoms with E-state index < -0.39 is 13.7 Å². The van der Waals surface area contributed by atoms with Gasteiger partial charge in [-0.3, -0.25) is 4.98 Å². The van der Waals surface area contributed by atoms with Gasteiger partial charge in [-0.1, -0.05) is 94.0 Å². The summed E-state index contributed by atoms with van der Waals surface area (Å²) < 4.78 is 52.3. The van der Waals surface area contributed by atoms with E-state index in [1.54, 1.807) is 12.1 Å². The predicted octanol–water partition coefficient (Wildman–Crippen LogP) is 11.5. The largest absolute Gasteiger partial charge is 0.501 e. The molecule has 0 bridgehead atoms. The zero-order valence-corrected chi connectivity index (χ0v) is 30.9. The summed E-state index contributed by atoms with van der Waals surface area (Å²) in [5.74, 6) is 1.48. The van der Waals surface area contributed by atoms with E-state index in [0.717, 1.165) is 55.7 Å². The third kappa shape index (κ3) is 6.66. The maximum Gasteiger partial charge on any atom is 0.155 e. The average Bonchev–Trinajstić information content (AvgIpc) is 3.72. The van der Waals surface area contributed by atoms with Gasteiger partial charge in [-0.05, 0) is 65.7 Å². The van der Waals surface area contributed by atoms with Crippen molar-refractivity contribution in [3.05, 3.63) is 143 Å². The maximum absolute atomic E-state index is 7.28. The number of hydrogen-bond acceptors (Lipinski definition) is 4. The molecule has 0 aliphatic rings. The number of benzene rings is 4. The van der Waals surface area contributed by atoms with Crippen LogP contribution in [-0.4, -0.2) is 19.5 Å². The van der Waals surface area contributed by atoms with Gasteiger partial charge in [0.1, 0.15) is 5.58 Å². The first-order valence-corrected chi connectivity index (χ1v) is 16.4. The maximum atomic E-state index is 7.28. The topological polar surface area (TPSA) is 56.7 Å². The van der Waals surface area contributed by atoms with Crippen molar-refractivity contribution in [1.82, 2.24) is 19.5 Å². The van der Waals surface area contributed by atoms with Crippen molar-refractivity contribution in [2.75, 3.05) is 0 Å². The summed E-state index contributed by atoms with van der Waals surface area (Å²) in [7, 11) is 0. The predicted molar refractivity (Wildman–Crippen MR) is 201 cm³/mol. The smallest absolute Gasteiger partial charge is 0.155 e. The summed E-state index contributed by atoms with van der Waals surface area (Å²) in [5.41, 5.74) is 10.6. The minimum absolute atomic E-state index is 0. The number of hydrogen-bond donors (Lipinski definition) is 0. The van der Waals surface area contributed by atoms with Crippen LogP contribution in [0.5, 0.6) is 0 Å². The van der Waals surface area contributed by atoms with Gasteiger partial charge in [-0.25, -0.2) is 4.98 Å². The van der Waals surface area contributed by atoms with E-state index in [9.17, 15) is 0 Å². The van der Waals surface area contributed by atoms with E-state index in [4.69, 9.17) is 22.6 Å². The average molecular weight is 839 g/mol. The number of para-hydroxylation sites is 2. The summed E-state index contributed by atoms with van der Waals surface area (Å²) >= 11 is 0. The molecule has 4 heterocycles. The molecule has 6 heteroatoms. The van der Waals surface area contributed by atoms with Crippen LogP contribution in [0.25, 0.3) is 61.4 Å². The molecule has 50 heavy (non-hydrogen) atoms. The van der Waals surface area contributed by atoms with E-state index in [0.29, 0.717) is 23.1 Å². The van der Waals surface area contributed by atoms with Crippen LogP contribution in [0.2, 0.25) is 0 Å². The molecular formula is C44H40IrN4O-2. The molecule has 0 aliphatic heterocycles. The molecule has 0 saturated carbocycles. The van der Waals surface area contributed by atoms with Gasteiger partial charge in [0.15, 0.2) is 5.65 Å². The SMILES string of the molecule is Cc1cnc2c(c1)nc(-c1[c-]ccc3c1oc1ccccc13)n2-c1c(C(C)C)cccc1C(C)C.[2H]C([2H])([2H])c1c[c-]c(-c2ccc(C([2H])([2H])[2H])cn2)cc1.[Ir]. The van der Waals surface area contributed by atoms with Crippen molar-refractivity contribution in [1.29, 1.82) is 0 Å². The van der Waals surface area contributed by atoms with Crippen LogP contribution in [-0.2, 0) is 20.1 Å². The number of imidazole rings is 1. The summed E-state index contributed by atoms with van der Waals surface area (Å²) in [6.07, 6.45) is 3.22. The van der Waals surface area contributed by atoms with E-state index in [1.165, 1.54) is 35.5 Å². The van der Waals surface area contributed by atoms with Crippen molar-refractivity contribution in [3.63, 3.8) is 0 Å². The standard InChI is InChI=1S/C31H28N3O.C13H12N.Ir/c1-18(2)21-11-8-12-22(19(3)4)28(21)34-30(33-26-16-20(5)17-32-31(26)34)25-14-9-13-24-23-10-6-7-15-27(23)35-29(24)25;1-10-3-6-12(7-4-10)13-8-5-11(2)9-14-13;/h6-13,15-19H,1-5H3;3-6,8-9H,1-2H3;/q2*-1;/i;1D3,2D3;. The van der Waals surface area contributed by atoms with E-state index in [2.05, 4.69) is 92.7 Å². The van der Waals surface area contributed by atoms with E-state index in [1.807, 2.05) is 30.5 Å². The first-order valence-electron chi connectivity index (χ1n) is 19.4. The minimum Gasteiger partial charge on any atom is -0.501 e. The first kappa shape index (κ1) is 27.9. The Morgan fingerprint density at radius 3 is 2.18 bits per heavy atom. The number of rotatable bonds is 5. The van der Waals surface area contributed by atoms with Crippen LogP contribution in [0.3, 0.4) is 0 Å². The Morgan fingerprint density at radius 1 is 0.760 bits per heavy atom. The van der Waals surface area contributed by atoms with Gasteiger partial charge >= 0.3 is 0 Å². The van der Waals surface area contributed by atoms with Crippen molar-refractivity contribution >= 4 is 33.1 Å². The second-order valence-corrected chi connectivity index (χ2v) is 12.8. The molecule has 0 fully saturated rings. The normalized spacial score (nSPS) is 13.6. The number of fused-ring (bicyclic) bond motifs is 4. The van der Waals surface area contributed by atoms with Crippen LogP contribution in [0.4, 0.5) is 0 Å². The summed E-state index contributed by atoms with van der Waals surface area (Å²) in [6, 6.07) is 34.8. The molecule has 253 valence electrons. The monoisotopic (exact) mass is 839 g/mol. The third-order valence-electron chi connectivity index (χ3n) is 8.61. The Balaban J connectivity index is 0.000000217. The molecule has 0 N–H and O–H groups in total. The fraction of sp³-hybridized carbons (Fsp3) is 0.205. The van der Waals surface area contributed by atoms with Crippen molar-refractivity contribution in [2.45, 2.75) is 60.2 Å². The van der Waals surface area contributed by atoms with E-state index in [-0.39, 0.29) is 31.2 Å². The number of aryl methyl sites for hydroxylation is 3. The number of nitrogens with zero attached hydrogens (tertiary/aromatic N) is 4. The Hall–Kier alpha value is -4.90. The van der Waals surface area contributed by atoms with Gasteiger partial charge in [0, 0.05) is 51.8 Å². The van der Waals surface area contributed by atoms with Gasteiger partial charge in [-0.15, -0.1) is 53.6 Å². The molecule has 4 aromatic heterocycles. The number of furan rings is 1. The second kappa shape index (κ2) is 14.5. The molecule has 8 rings (SSSR count). The van der Waals surface area contributed by atoms with Crippen molar-refractivity contribution in [2.24, 2.45) is 0 Å². The van der Waals surface area contributed by atoms with Gasteiger partial charge < -0.3 is 14.0 Å². The molecule has 1 radical (unpaired) electrons. The fourth-order valence-corrected chi connectivity index (χ4v) is 6.21. The molecule has 5 nitrogen and oxygen atoms in total. The van der Waals surface area contributed by atoms with Crippen LogP contribution >= 0.6 is 0 Å². The van der Waals surface area contributed by atoms with Gasteiger partial charge in [0.25, 0.3) is 0 Å². The van der Waals surface area contributed by atoms with Crippen molar-refractivity contribution in [3.8, 4) is 28.3 Å². The van der Waals surface area contributed by atoms with Gasteiger partial charge in [0.05, 0.1) is 16.9 Å². The fourth-order valence-electron chi connectivity index (χ4n) is 6.21. The van der Waals surface area contributed by atoms with Crippen molar-refractivity contribution < 1.29 is 32.7 Å². The number of pyridine rings is 2.